The van der Waals surface area contributed by atoms with Gasteiger partial charge in [-0.15, -0.1) is 0 Å². The first kappa shape index (κ1) is 31.4. The normalized spacial score (nSPS) is 14.3. The molecule has 0 fully saturated rings. The second-order valence-electron chi connectivity index (χ2n) is 14.3. The van der Waals surface area contributed by atoms with Gasteiger partial charge < -0.3 is 4.42 Å². The third-order valence-electron chi connectivity index (χ3n) is 11.1. The molecule has 0 saturated heterocycles. The summed E-state index contributed by atoms with van der Waals surface area (Å²) in [6.45, 7) is 0. The largest absolute Gasteiger partial charge is 0.456 e. The molecule has 11 rings (SSSR count). The molecule has 4 heteroatoms. The second-order valence-corrected chi connectivity index (χ2v) is 14.3. The van der Waals surface area contributed by atoms with Gasteiger partial charge >= 0.3 is 0 Å². The fourth-order valence-corrected chi connectivity index (χ4v) is 8.31. The van der Waals surface area contributed by atoms with Crippen molar-refractivity contribution in [3.63, 3.8) is 0 Å². The summed E-state index contributed by atoms with van der Waals surface area (Å²) in [7, 11) is 0. The van der Waals surface area contributed by atoms with Gasteiger partial charge in [0.1, 0.15) is 11.2 Å². The van der Waals surface area contributed by atoms with Crippen LogP contribution in [0.15, 0.2) is 186 Å². The SMILES string of the molecule is C1=CC(c2cccc3ccccc23)CC=C1c1nc(-c2ccc3ccccc3c2)nc(-c2c(-c3ccc4ccccc4c3)ccc3oc4ccccc4c23)n1. The highest BCUT2D eigenvalue weighted by atomic mass is 16.3. The van der Waals surface area contributed by atoms with E-state index in [1.165, 1.54) is 32.5 Å². The molecule has 1 aliphatic rings. The molecular weight excluding hydrogens is 671 g/mol. The van der Waals surface area contributed by atoms with Gasteiger partial charge in [-0.1, -0.05) is 152 Å². The van der Waals surface area contributed by atoms with Crippen molar-refractivity contribution in [2.24, 2.45) is 0 Å². The third-order valence-corrected chi connectivity index (χ3v) is 11.1. The molecule has 0 aliphatic heterocycles. The Morgan fingerprint density at radius 1 is 0.473 bits per heavy atom. The maximum absolute atomic E-state index is 6.48. The molecule has 0 bridgehead atoms. The highest BCUT2D eigenvalue weighted by molar-refractivity contribution is 6.15. The summed E-state index contributed by atoms with van der Waals surface area (Å²) in [5.41, 5.74) is 7.93. The summed E-state index contributed by atoms with van der Waals surface area (Å²) < 4.78 is 6.48. The Bertz CT molecular complexity index is 3200. The zero-order valence-electron chi connectivity index (χ0n) is 29.9. The zero-order valence-corrected chi connectivity index (χ0v) is 29.9. The summed E-state index contributed by atoms with van der Waals surface area (Å²) in [5, 5.41) is 9.25. The van der Waals surface area contributed by atoms with Gasteiger partial charge in [0.15, 0.2) is 17.5 Å². The van der Waals surface area contributed by atoms with Gasteiger partial charge in [-0.2, -0.15) is 0 Å². The summed E-state index contributed by atoms with van der Waals surface area (Å²) in [6.07, 6.45) is 7.63. The highest BCUT2D eigenvalue weighted by Crippen LogP contribution is 2.43. The van der Waals surface area contributed by atoms with Crippen LogP contribution in [0.4, 0.5) is 0 Å². The number of rotatable bonds is 5. The lowest BCUT2D eigenvalue weighted by atomic mass is 9.87. The van der Waals surface area contributed by atoms with Crippen LogP contribution in [0, 0.1) is 0 Å². The number of fused-ring (bicyclic) bond motifs is 6. The number of hydrogen-bond donors (Lipinski definition) is 0. The lowest BCUT2D eigenvalue weighted by Crippen LogP contribution is -2.06. The maximum Gasteiger partial charge on any atom is 0.165 e. The smallest absolute Gasteiger partial charge is 0.165 e. The Balaban J connectivity index is 1.13. The van der Waals surface area contributed by atoms with Crippen molar-refractivity contribution >= 4 is 59.8 Å². The molecule has 55 heavy (non-hydrogen) atoms. The molecule has 0 amide bonds. The maximum atomic E-state index is 6.48. The second kappa shape index (κ2) is 12.8. The van der Waals surface area contributed by atoms with Crippen molar-refractivity contribution in [3.05, 3.63) is 193 Å². The van der Waals surface area contributed by atoms with Gasteiger partial charge in [-0.05, 0) is 85.8 Å². The molecule has 10 aromatic rings. The molecule has 1 unspecified atom stereocenters. The lowest BCUT2D eigenvalue weighted by molar-refractivity contribution is 0.669. The van der Waals surface area contributed by atoms with E-state index in [0.717, 1.165) is 61.6 Å². The fourth-order valence-electron chi connectivity index (χ4n) is 8.31. The van der Waals surface area contributed by atoms with E-state index in [1.54, 1.807) is 0 Å². The molecule has 4 nitrogen and oxygen atoms in total. The van der Waals surface area contributed by atoms with Crippen molar-refractivity contribution in [2.45, 2.75) is 12.3 Å². The monoisotopic (exact) mass is 703 g/mol. The van der Waals surface area contributed by atoms with Gasteiger partial charge in [-0.3, -0.25) is 0 Å². The molecule has 1 atom stereocenters. The van der Waals surface area contributed by atoms with E-state index < -0.39 is 0 Å². The Morgan fingerprint density at radius 3 is 1.89 bits per heavy atom. The molecule has 1 aliphatic carbocycles. The van der Waals surface area contributed by atoms with Gasteiger partial charge in [0.25, 0.3) is 0 Å². The van der Waals surface area contributed by atoms with Gasteiger partial charge in [0.2, 0.25) is 0 Å². The number of allylic oxidation sites excluding steroid dienone is 4. The average Bonchev–Trinajstić information content (AvgIpc) is 3.64. The standard InChI is InChI=1S/C51H33N3O/c1-3-13-37-30-39(26-20-32(37)10-1)43-28-29-46-47(44-17-7-8-19-45(44)55-46)48(43)51-53-49(52-50(54-51)40-27-21-33-11-2-4-14-38(33)31-40)36-24-22-35(23-25-36)42-18-9-15-34-12-5-6-16-41(34)42/h1-22,24-31,35H,23H2. The molecular formula is C51H33N3O. The first-order valence-corrected chi connectivity index (χ1v) is 18.8. The lowest BCUT2D eigenvalue weighted by Gasteiger charge is -2.19. The van der Waals surface area contributed by atoms with E-state index in [9.17, 15) is 0 Å². The predicted molar refractivity (Wildman–Crippen MR) is 227 cm³/mol. The van der Waals surface area contributed by atoms with Crippen LogP contribution in [0.25, 0.3) is 93.7 Å². The van der Waals surface area contributed by atoms with Crippen molar-refractivity contribution in [1.82, 2.24) is 15.0 Å². The summed E-state index contributed by atoms with van der Waals surface area (Å²) in [5.74, 6) is 2.14. The van der Waals surface area contributed by atoms with Crippen molar-refractivity contribution in [2.75, 3.05) is 0 Å². The molecule has 0 spiro atoms. The van der Waals surface area contributed by atoms with Crippen LogP contribution >= 0.6 is 0 Å². The summed E-state index contributed by atoms with van der Waals surface area (Å²) in [4.78, 5) is 15.9. The Kier molecular flexibility index (Phi) is 7.27. The number of benzene rings is 8. The predicted octanol–water partition coefficient (Wildman–Crippen LogP) is 13.4. The zero-order chi connectivity index (χ0) is 36.3. The van der Waals surface area contributed by atoms with E-state index in [1.807, 2.05) is 12.1 Å². The molecule has 8 aromatic carbocycles. The van der Waals surface area contributed by atoms with Crippen LogP contribution in [0.2, 0.25) is 0 Å². The van der Waals surface area contributed by atoms with E-state index in [4.69, 9.17) is 19.4 Å². The van der Waals surface area contributed by atoms with Crippen LogP contribution in [0.1, 0.15) is 23.7 Å². The Hall–Kier alpha value is -7.17. The van der Waals surface area contributed by atoms with Gasteiger partial charge in [-0.25, -0.2) is 15.0 Å². The molecule has 0 radical (unpaired) electrons. The van der Waals surface area contributed by atoms with Gasteiger partial charge in [0, 0.05) is 33.4 Å². The number of aromatic nitrogens is 3. The van der Waals surface area contributed by atoms with Crippen LogP contribution in [-0.4, -0.2) is 15.0 Å². The van der Waals surface area contributed by atoms with E-state index >= 15 is 0 Å². The first-order valence-electron chi connectivity index (χ1n) is 18.8. The molecule has 0 saturated carbocycles. The average molecular weight is 704 g/mol. The Labute approximate surface area is 317 Å². The quantitative estimate of drug-likeness (QED) is 0.179. The third kappa shape index (κ3) is 5.42. The van der Waals surface area contributed by atoms with Gasteiger partial charge in [0.05, 0.1) is 0 Å². The van der Waals surface area contributed by atoms with Crippen molar-refractivity contribution in [3.8, 4) is 33.9 Å². The number of furan rings is 1. The summed E-state index contributed by atoms with van der Waals surface area (Å²) in [6, 6.07) is 57.7. The van der Waals surface area contributed by atoms with Crippen molar-refractivity contribution < 1.29 is 4.42 Å². The van der Waals surface area contributed by atoms with Crippen LogP contribution in [0.3, 0.4) is 0 Å². The molecule has 2 aromatic heterocycles. The Morgan fingerprint density at radius 2 is 1.11 bits per heavy atom. The minimum Gasteiger partial charge on any atom is -0.456 e. The fraction of sp³-hybridized carbons (Fsp3) is 0.0392. The molecule has 258 valence electrons. The van der Waals surface area contributed by atoms with Crippen molar-refractivity contribution in [1.29, 1.82) is 0 Å². The van der Waals surface area contributed by atoms with Crippen LogP contribution < -0.4 is 0 Å². The summed E-state index contributed by atoms with van der Waals surface area (Å²) >= 11 is 0. The number of para-hydroxylation sites is 1. The van der Waals surface area contributed by atoms with E-state index in [-0.39, 0.29) is 5.92 Å². The topological polar surface area (TPSA) is 51.8 Å². The number of nitrogens with zero attached hydrogens (tertiary/aromatic N) is 3. The number of hydrogen-bond acceptors (Lipinski definition) is 4. The van der Waals surface area contributed by atoms with Crippen LogP contribution in [0.5, 0.6) is 0 Å². The minimum atomic E-state index is 0.252. The molecule has 0 N–H and O–H groups in total. The van der Waals surface area contributed by atoms with Crippen LogP contribution in [-0.2, 0) is 0 Å². The molecule has 2 heterocycles. The van der Waals surface area contributed by atoms with E-state index in [0.29, 0.717) is 17.5 Å². The highest BCUT2D eigenvalue weighted by Gasteiger charge is 2.23. The first-order chi connectivity index (χ1) is 27.2. The van der Waals surface area contributed by atoms with E-state index in [2.05, 4.69) is 170 Å². The minimum absolute atomic E-state index is 0.252.